The molecule has 0 aromatic heterocycles. The Labute approximate surface area is 78.8 Å². The topological polar surface area (TPSA) is 127 Å². The predicted molar refractivity (Wildman–Crippen MR) is 49.1 cm³/mol. The van der Waals surface area contributed by atoms with Crippen molar-refractivity contribution in [1.82, 2.24) is 0 Å². The van der Waals surface area contributed by atoms with Crippen LogP contribution in [0.5, 0.6) is 0 Å². The predicted octanol–water partition coefficient (Wildman–Crippen LogP) is -2.26. The Balaban J connectivity index is 0. The van der Waals surface area contributed by atoms with Gasteiger partial charge in [-0.15, -0.1) is 0 Å². The molecule has 0 spiro atoms. The second-order valence-electron chi connectivity index (χ2n) is 3.50. The van der Waals surface area contributed by atoms with Gasteiger partial charge in [-0.1, -0.05) is 6.92 Å². The Bertz CT molecular complexity index is 124. The molecule has 0 amide bonds. The molecule has 13 heavy (non-hydrogen) atoms. The van der Waals surface area contributed by atoms with Crippen LogP contribution in [-0.2, 0) is 0 Å². The van der Waals surface area contributed by atoms with Crippen LogP contribution in [0.15, 0.2) is 0 Å². The van der Waals surface area contributed by atoms with Gasteiger partial charge in [0.2, 0.25) is 0 Å². The van der Waals surface area contributed by atoms with E-state index in [2.05, 4.69) is 0 Å². The van der Waals surface area contributed by atoms with E-state index < -0.39 is 9.05 Å². The minimum Gasteiger partial charge on any atom is -0.396 e. The molecule has 0 saturated carbocycles. The van der Waals surface area contributed by atoms with Crippen molar-refractivity contribution in [2.45, 2.75) is 26.3 Å². The normalized spacial score (nSPS) is 14.5. The largest absolute Gasteiger partial charge is 0.668 e. The molecule has 0 aromatic carbocycles. The summed E-state index contributed by atoms with van der Waals surface area (Å²) in [6, 6.07) is 0. The molecular weight excluding hydrogens is 194 g/mol. The highest BCUT2D eigenvalue weighted by molar-refractivity contribution is 6.46. The number of nitrogens with two attached hydrogens (primary N) is 1. The minimum absolute atomic E-state index is 0.170. The van der Waals surface area contributed by atoms with E-state index in [0.29, 0.717) is 0 Å². The van der Waals surface area contributed by atoms with Gasteiger partial charge in [0, 0.05) is 12.1 Å². The van der Waals surface area contributed by atoms with Crippen molar-refractivity contribution in [3.8, 4) is 0 Å². The SMILES string of the molecule is CC(CO)C(C)(C)N.O[Si](O)(O)O. The summed E-state index contributed by atoms with van der Waals surface area (Å²) in [5.41, 5.74) is 5.39. The van der Waals surface area contributed by atoms with Crippen molar-refractivity contribution in [1.29, 1.82) is 0 Å². The molecule has 0 radical (unpaired) electrons. The highest BCUT2D eigenvalue weighted by atomic mass is 28.4. The second kappa shape index (κ2) is 5.65. The zero-order valence-corrected chi connectivity index (χ0v) is 9.10. The Morgan fingerprint density at radius 1 is 1.23 bits per heavy atom. The van der Waals surface area contributed by atoms with Crippen molar-refractivity contribution in [2.24, 2.45) is 11.7 Å². The van der Waals surface area contributed by atoms with Crippen LogP contribution in [0.2, 0.25) is 0 Å². The lowest BCUT2D eigenvalue weighted by Crippen LogP contribution is -2.40. The van der Waals surface area contributed by atoms with Crippen LogP contribution in [0.3, 0.4) is 0 Å². The third-order valence-electron chi connectivity index (χ3n) is 1.54. The third-order valence-corrected chi connectivity index (χ3v) is 1.54. The van der Waals surface area contributed by atoms with Crippen LogP contribution in [0.1, 0.15) is 20.8 Å². The summed E-state index contributed by atoms with van der Waals surface area (Å²) in [5.74, 6) is 0.183. The van der Waals surface area contributed by atoms with Gasteiger partial charge in [-0.3, -0.25) is 0 Å². The summed E-state index contributed by atoms with van der Waals surface area (Å²) < 4.78 is 0. The van der Waals surface area contributed by atoms with E-state index in [4.69, 9.17) is 30.0 Å². The van der Waals surface area contributed by atoms with Crippen LogP contribution < -0.4 is 5.73 Å². The first kappa shape index (κ1) is 15.4. The lowest BCUT2D eigenvalue weighted by Gasteiger charge is -2.24. The van der Waals surface area contributed by atoms with Gasteiger partial charge in [0.25, 0.3) is 0 Å². The first-order chi connectivity index (χ1) is 5.48. The number of hydrogen-bond donors (Lipinski definition) is 6. The van der Waals surface area contributed by atoms with Gasteiger partial charge in [-0.05, 0) is 19.8 Å². The van der Waals surface area contributed by atoms with Gasteiger partial charge < -0.3 is 30.0 Å². The average Bonchev–Trinajstić information content (AvgIpc) is 1.80. The lowest BCUT2D eigenvalue weighted by atomic mass is 9.91. The standard InChI is InChI=1S/C6H15NO.H4O4Si/c1-5(4-8)6(2,3)7;1-5(2,3)4/h5,8H,4,7H2,1-3H3;1-4H. The monoisotopic (exact) mass is 213 g/mol. The lowest BCUT2D eigenvalue weighted by molar-refractivity contribution is 0.117. The highest BCUT2D eigenvalue weighted by Crippen LogP contribution is 2.10. The van der Waals surface area contributed by atoms with Crippen molar-refractivity contribution in [3.05, 3.63) is 0 Å². The highest BCUT2D eigenvalue weighted by Gasteiger charge is 2.22. The van der Waals surface area contributed by atoms with Crippen LogP contribution in [-0.4, -0.2) is 45.5 Å². The molecule has 0 aliphatic rings. The molecular formula is C6H19NO5Si. The quantitative estimate of drug-likeness (QED) is 0.287. The summed E-state index contributed by atoms with van der Waals surface area (Å²) in [7, 11) is -4.61. The van der Waals surface area contributed by atoms with Crippen molar-refractivity contribution < 1.29 is 24.3 Å². The number of hydrogen-bond acceptors (Lipinski definition) is 6. The Morgan fingerprint density at radius 3 is 1.46 bits per heavy atom. The molecule has 1 atom stereocenters. The molecule has 7 N–H and O–H groups in total. The van der Waals surface area contributed by atoms with Crippen LogP contribution in [0.25, 0.3) is 0 Å². The zero-order chi connectivity index (χ0) is 11.3. The molecule has 1 unspecified atom stereocenters. The van der Waals surface area contributed by atoms with E-state index in [1.807, 2.05) is 20.8 Å². The fraction of sp³-hybridized carbons (Fsp3) is 1.00. The van der Waals surface area contributed by atoms with Crippen LogP contribution >= 0.6 is 0 Å². The first-order valence-corrected chi connectivity index (χ1v) is 5.56. The molecule has 6 nitrogen and oxygen atoms in total. The molecule has 0 aromatic rings. The molecule has 0 aliphatic heterocycles. The Hall–Kier alpha value is -0.0231. The fourth-order valence-corrected chi connectivity index (χ4v) is 0.235. The Morgan fingerprint density at radius 2 is 1.46 bits per heavy atom. The maximum absolute atomic E-state index is 8.59. The van der Waals surface area contributed by atoms with Gasteiger partial charge in [0.05, 0.1) is 0 Å². The molecule has 82 valence electrons. The van der Waals surface area contributed by atoms with Gasteiger partial charge >= 0.3 is 9.05 Å². The molecule has 0 bridgehead atoms. The smallest absolute Gasteiger partial charge is 0.396 e. The van der Waals surface area contributed by atoms with Gasteiger partial charge in [0.1, 0.15) is 0 Å². The van der Waals surface area contributed by atoms with Crippen LogP contribution in [0, 0.1) is 5.92 Å². The fourth-order valence-electron chi connectivity index (χ4n) is 0.235. The average molecular weight is 213 g/mol. The van der Waals surface area contributed by atoms with Crippen molar-refractivity contribution >= 4 is 9.05 Å². The van der Waals surface area contributed by atoms with E-state index in [9.17, 15) is 0 Å². The first-order valence-electron chi connectivity index (χ1n) is 3.77. The second-order valence-corrected chi connectivity index (χ2v) is 4.70. The van der Waals surface area contributed by atoms with Gasteiger partial charge in [-0.25, -0.2) is 0 Å². The molecule has 7 heteroatoms. The maximum Gasteiger partial charge on any atom is 0.668 e. The molecule has 0 heterocycles. The van der Waals surface area contributed by atoms with E-state index >= 15 is 0 Å². The molecule has 0 rings (SSSR count). The molecule has 0 aliphatic carbocycles. The van der Waals surface area contributed by atoms with Gasteiger partial charge in [-0.2, -0.15) is 0 Å². The third kappa shape index (κ3) is 18.7. The summed E-state index contributed by atoms with van der Waals surface area (Å²) in [5, 5.41) is 8.59. The zero-order valence-electron chi connectivity index (χ0n) is 8.10. The Kier molecular flexibility index (Phi) is 6.72. The van der Waals surface area contributed by atoms with Crippen LogP contribution in [0.4, 0.5) is 0 Å². The number of aliphatic hydroxyl groups excluding tert-OH is 1. The molecule has 0 fully saturated rings. The van der Waals surface area contributed by atoms with E-state index in [-0.39, 0.29) is 18.1 Å². The summed E-state index contributed by atoms with van der Waals surface area (Å²) in [6.45, 7) is 5.92. The maximum atomic E-state index is 8.59. The minimum atomic E-state index is -4.61. The van der Waals surface area contributed by atoms with E-state index in [1.165, 1.54) is 0 Å². The summed E-state index contributed by atoms with van der Waals surface area (Å²) in [6.07, 6.45) is 0. The van der Waals surface area contributed by atoms with E-state index in [1.54, 1.807) is 0 Å². The molecule has 0 saturated heterocycles. The summed E-state index contributed by atoms with van der Waals surface area (Å²) >= 11 is 0. The van der Waals surface area contributed by atoms with Crippen molar-refractivity contribution in [3.63, 3.8) is 0 Å². The van der Waals surface area contributed by atoms with Crippen molar-refractivity contribution in [2.75, 3.05) is 6.61 Å². The van der Waals surface area contributed by atoms with Gasteiger partial charge in [0.15, 0.2) is 0 Å². The van der Waals surface area contributed by atoms with E-state index in [0.717, 1.165) is 0 Å². The number of aliphatic hydroxyl groups is 1. The number of rotatable bonds is 2. The summed E-state index contributed by atoms with van der Waals surface area (Å²) in [4.78, 5) is 29.3.